The van der Waals surface area contributed by atoms with Gasteiger partial charge in [-0.05, 0) is 25.8 Å². The Kier molecular flexibility index (Phi) is 4.39. The van der Waals surface area contributed by atoms with Crippen molar-refractivity contribution >= 4 is 5.95 Å². The Hall–Kier alpha value is -2.03. The van der Waals surface area contributed by atoms with E-state index in [0.717, 1.165) is 24.6 Å². The summed E-state index contributed by atoms with van der Waals surface area (Å²) in [5.74, 6) is 0.917. The van der Waals surface area contributed by atoms with E-state index in [0.29, 0.717) is 6.04 Å². The third-order valence-corrected chi connectivity index (χ3v) is 3.11. The normalized spacial score (nSPS) is 12.1. The lowest BCUT2D eigenvalue weighted by atomic mass is 10.1. The van der Waals surface area contributed by atoms with Crippen molar-refractivity contribution in [3.8, 4) is 0 Å². The number of nitrogens with one attached hydrogen (secondary N) is 1. The minimum absolute atomic E-state index is 0.371. The lowest BCUT2D eigenvalue weighted by Gasteiger charge is -2.16. The van der Waals surface area contributed by atoms with Gasteiger partial charge in [-0.1, -0.05) is 36.4 Å². The molecule has 0 fully saturated rings. The molecule has 1 N–H and O–H groups in total. The zero-order chi connectivity index (χ0) is 13.7. The lowest BCUT2D eigenvalue weighted by molar-refractivity contribution is 0.549. The summed E-state index contributed by atoms with van der Waals surface area (Å²) in [7, 11) is 0. The van der Waals surface area contributed by atoms with Crippen molar-refractivity contribution < 1.29 is 0 Å². The predicted octanol–water partition coefficient (Wildman–Crippen LogP) is 3.59. The second-order valence-corrected chi connectivity index (χ2v) is 4.82. The summed E-state index contributed by atoms with van der Waals surface area (Å²) >= 11 is 0. The SMILES string of the molecule is C=CCNc1nc(C)cn1C(C)Cc1ccccc1. The minimum Gasteiger partial charge on any atom is -0.352 e. The summed E-state index contributed by atoms with van der Waals surface area (Å²) in [6.07, 6.45) is 4.94. The van der Waals surface area contributed by atoms with Crippen LogP contribution in [0.3, 0.4) is 0 Å². The third kappa shape index (κ3) is 3.47. The predicted molar refractivity (Wildman–Crippen MR) is 80.5 cm³/mol. The molecule has 3 nitrogen and oxygen atoms in total. The number of hydrogen-bond donors (Lipinski definition) is 1. The standard InChI is InChI=1S/C16H21N3/c1-4-10-17-16-18-13(2)12-19(16)14(3)11-15-8-6-5-7-9-15/h4-9,12,14H,1,10-11H2,2-3H3,(H,17,18). The van der Waals surface area contributed by atoms with E-state index in [1.54, 1.807) is 0 Å². The van der Waals surface area contributed by atoms with Gasteiger partial charge in [0, 0.05) is 18.8 Å². The fourth-order valence-corrected chi connectivity index (χ4v) is 2.20. The van der Waals surface area contributed by atoms with Crippen LogP contribution in [0.5, 0.6) is 0 Å². The van der Waals surface area contributed by atoms with Crippen molar-refractivity contribution in [2.24, 2.45) is 0 Å². The summed E-state index contributed by atoms with van der Waals surface area (Å²) in [5.41, 5.74) is 2.38. The van der Waals surface area contributed by atoms with Gasteiger partial charge in [0.1, 0.15) is 0 Å². The fourth-order valence-electron chi connectivity index (χ4n) is 2.20. The van der Waals surface area contributed by atoms with Crippen molar-refractivity contribution in [1.29, 1.82) is 0 Å². The number of nitrogens with zero attached hydrogens (tertiary/aromatic N) is 2. The molecule has 19 heavy (non-hydrogen) atoms. The first kappa shape index (κ1) is 13.4. The first-order chi connectivity index (χ1) is 9.20. The molecule has 1 aromatic heterocycles. The summed E-state index contributed by atoms with van der Waals surface area (Å²) in [6.45, 7) is 8.69. The second kappa shape index (κ2) is 6.23. The van der Waals surface area contributed by atoms with E-state index in [1.807, 2.05) is 19.1 Å². The average Bonchev–Trinajstić information content (AvgIpc) is 2.79. The van der Waals surface area contributed by atoms with E-state index < -0.39 is 0 Å². The number of hydrogen-bond acceptors (Lipinski definition) is 2. The highest BCUT2D eigenvalue weighted by atomic mass is 15.2. The molecule has 2 rings (SSSR count). The van der Waals surface area contributed by atoms with Crippen molar-refractivity contribution in [2.45, 2.75) is 26.3 Å². The molecule has 1 atom stereocenters. The van der Waals surface area contributed by atoms with Crippen LogP contribution in [-0.2, 0) is 6.42 Å². The average molecular weight is 255 g/mol. The highest BCUT2D eigenvalue weighted by Gasteiger charge is 2.11. The van der Waals surface area contributed by atoms with Gasteiger partial charge in [0.2, 0.25) is 5.95 Å². The summed E-state index contributed by atoms with van der Waals surface area (Å²) in [6, 6.07) is 10.9. The molecule has 1 unspecified atom stereocenters. The fraction of sp³-hybridized carbons (Fsp3) is 0.312. The smallest absolute Gasteiger partial charge is 0.203 e. The highest BCUT2D eigenvalue weighted by molar-refractivity contribution is 5.31. The van der Waals surface area contributed by atoms with Crippen molar-refractivity contribution in [1.82, 2.24) is 9.55 Å². The van der Waals surface area contributed by atoms with Crippen LogP contribution in [0.25, 0.3) is 0 Å². The van der Waals surface area contributed by atoms with Gasteiger partial charge < -0.3 is 9.88 Å². The molecule has 1 heterocycles. The number of aromatic nitrogens is 2. The number of anilines is 1. The Morgan fingerprint density at radius 1 is 1.37 bits per heavy atom. The molecule has 0 saturated carbocycles. The Balaban J connectivity index is 2.14. The quantitative estimate of drug-likeness (QED) is 0.799. The van der Waals surface area contributed by atoms with Crippen LogP contribution in [0, 0.1) is 6.92 Å². The largest absolute Gasteiger partial charge is 0.352 e. The van der Waals surface area contributed by atoms with Crippen LogP contribution in [-0.4, -0.2) is 16.1 Å². The summed E-state index contributed by atoms with van der Waals surface area (Å²) < 4.78 is 2.20. The number of rotatable bonds is 6. The van der Waals surface area contributed by atoms with Crippen molar-refractivity contribution in [3.63, 3.8) is 0 Å². The third-order valence-electron chi connectivity index (χ3n) is 3.11. The molecule has 0 aliphatic carbocycles. The van der Waals surface area contributed by atoms with Gasteiger partial charge in [0.05, 0.1) is 5.69 Å². The number of imidazole rings is 1. The van der Waals surface area contributed by atoms with E-state index >= 15 is 0 Å². The van der Waals surface area contributed by atoms with E-state index in [9.17, 15) is 0 Å². The molecule has 0 bridgehead atoms. The summed E-state index contributed by atoms with van der Waals surface area (Å²) in [4.78, 5) is 4.51. The molecule has 0 aliphatic rings. The minimum atomic E-state index is 0.371. The van der Waals surface area contributed by atoms with Crippen LogP contribution in [0.2, 0.25) is 0 Å². The van der Waals surface area contributed by atoms with Gasteiger partial charge in [-0.3, -0.25) is 0 Å². The molecule has 100 valence electrons. The van der Waals surface area contributed by atoms with Crippen LogP contribution in [0.15, 0.2) is 49.2 Å². The van der Waals surface area contributed by atoms with Gasteiger partial charge in [-0.15, -0.1) is 6.58 Å². The van der Waals surface area contributed by atoms with Crippen LogP contribution in [0.4, 0.5) is 5.95 Å². The molecule has 0 radical (unpaired) electrons. The topological polar surface area (TPSA) is 29.9 Å². The molecular formula is C16H21N3. The van der Waals surface area contributed by atoms with Gasteiger partial charge in [0.15, 0.2) is 0 Å². The summed E-state index contributed by atoms with van der Waals surface area (Å²) in [5, 5.41) is 3.28. The van der Waals surface area contributed by atoms with Crippen LogP contribution < -0.4 is 5.32 Å². The van der Waals surface area contributed by atoms with Gasteiger partial charge >= 0.3 is 0 Å². The van der Waals surface area contributed by atoms with Crippen molar-refractivity contribution in [2.75, 3.05) is 11.9 Å². The zero-order valence-corrected chi connectivity index (χ0v) is 11.6. The van der Waals surface area contributed by atoms with Gasteiger partial charge in [-0.25, -0.2) is 4.98 Å². The highest BCUT2D eigenvalue weighted by Crippen LogP contribution is 2.19. The van der Waals surface area contributed by atoms with Crippen molar-refractivity contribution in [3.05, 3.63) is 60.4 Å². The molecular weight excluding hydrogens is 234 g/mol. The maximum absolute atomic E-state index is 4.51. The number of aryl methyl sites for hydroxylation is 1. The van der Waals surface area contributed by atoms with E-state index in [2.05, 4.69) is 58.8 Å². The Morgan fingerprint density at radius 3 is 2.79 bits per heavy atom. The first-order valence-corrected chi connectivity index (χ1v) is 6.65. The Bertz CT molecular complexity index is 528. The molecule has 3 heteroatoms. The van der Waals surface area contributed by atoms with Gasteiger partial charge in [0.25, 0.3) is 0 Å². The monoisotopic (exact) mass is 255 g/mol. The van der Waals surface area contributed by atoms with E-state index in [-0.39, 0.29) is 0 Å². The molecule has 0 amide bonds. The molecule has 0 spiro atoms. The lowest BCUT2D eigenvalue weighted by Crippen LogP contribution is -2.12. The van der Waals surface area contributed by atoms with Gasteiger partial charge in [-0.2, -0.15) is 0 Å². The van der Waals surface area contributed by atoms with Crippen LogP contribution >= 0.6 is 0 Å². The number of benzene rings is 1. The molecule has 0 saturated heterocycles. The van der Waals surface area contributed by atoms with Crippen LogP contribution in [0.1, 0.15) is 24.2 Å². The maximum atomic E-state index is 4.51. The molecule has 2 aromatic rings. The molecule has 1 aromatic carbocycles. The van der Waals surface area contributed by atoms with E-state index in [1.165, 1.54) is 5.56 Å². The van der Waals surface area contributed by atoms with E-state index in [4.69, 9.17) is 0 Å². The second-order valence-electron chi connectivity index (χ2n) is 4.82. The molecule has 0 aliphatic heterocycles. The Labute approximate surface area is 115 Å². The maximum Gasteiger partial charge on any atom is 0.203 e. The first-order valence-electron chi connectivity index (χ1n) is 6.65. The zero-order valence-electron chi connectivity index (χ0n) is 11.6. The Morgan fingerprint density at radius 2 is 2.11 bits per heavy atom.